The van der Waals surface area contributed by atoms with E-state index in [1.54, 1.807) is 14.2 Å². The van der Waals surface area contributed by atoms with E-state index in [-0.39, 0.29) is 11.3 Å². The summed E-state index contributed by atoms with van der Waals surface area (Å²) in [7, 11) is 3.34. The summed E-state index contributed by atoms with van der Waals surface area (Å²) in [5.41, 5.74) is 4.95. The Kier molecular flexibility index (Phi) is 4.93. The van der Waals surface area contributed by atoms with Crippen molar-refractivity contribution in [3.63, 3.8) is 0 Å². The minimum atomic E-state index is -0.367. The lowest BCUT2D eigenvalue weighted by Gasteiger charge is -2.26. The van der Waals surface area contributed by atoms with Gasteiger partial charge in [-0.05, 0) is 49.1 Å². The van der Waals surface area contributed by atoms with Crippen molar-refractivity contribution in [1.82, 2.24) is 15.1 Å². The molecule has 31 heavy (non-hydrogen) atoms. The smallest absolute Gasteiger partial charge is 0.233 e. The first-order chi connectivity index (χ1) is 15.2. The van der Waals surface area contributed by atoms with Gasteiger partial charge in [0.2, 0.25) is 5.91 Å². The molecule has 5 rings (SSSR count). The van der Waals surface area contributed by atoms with Crippen molar-refractivity contribution in [3.8, 4) is 22.8 Å². The molecule has 1 aliphatic heterocycles. The third-order valence-corrected chi connectivity index (χ3v) is 6.67. The Morgan fingerprint density at radius 1 is 1.00 bits per heavy atom. The van der Waals surface area contributed by atoms with Crippen LogP contribution in [-0.4, -0.2) is 48.3 Å². The molecule has 160 valence electrons. The molecule has 6 nitrogen and oxygen atoms in total. The number of hydrogen-bond donors (Lipinski definition) is 1. The van der Waals surface area contributed by atoms with E-state index in [9.17, 15) is 4.79 Å². The van der Waals surface area contributed by atoms with Crippen LogP contribution in [0.25, 0.3) is 11.3 Å². The highest BCUT2D eigenvalue weighted by Crippen LogP contribution is 2.50. The molecule has 1 amide bonds. The summed E-state index contributed by atoms with van der Waals surface area (Å²) in [6.45, 7) is 1.41. The van der Waals surface area contributed by atoms with E-state index < -0.39 is 0 Å². The topological polar surface area (TPSA) is 67.5 Å². The SMILES string of the molecule is COc1ccc(C2(C(=O)N3CCc4[nH]nc(-c5ccccc5OC)c4CC3)CC2)cc1. The van der Waals surface area contributed by atoms with Crippen molar-refractivity contribution < 1.29 is 14.3 Å². The molecule has 1 fully saturated rings. The van der Waals surface area contributed by atoms with Crippen LogP contribution in [0.3, 0.4) is 0 Å². The van der Waals surface area contributed by atoms with Crippen LogP contribution in [0.1, 0.15) is 29.7 Å². The number of aromatic nitrogens is 2. The molecule has 0 radical (unpaired) electrons. The number of nitrogens with zero attached hydrogens (tertiary/aromatic N) is 2. The fraction of sp³-hybridized carbons (Fsp3) is 0.360. The number of aromatic amines is 1. The second-order valence-electron chi connectivity index (χ2n) is 8.33. The summed E-state index contributed by atoms with van der Waals surface area (Å²) >= 11 is 0. The lowest BCUT2D eigenvalue weighted by molar-refractivity contribution is -0.133. The van der Waals surface area contributed by atoms with Crippen LogP contribution in [0.5, 0.6) is 11.5 Å². The highest BCUT2D eigenvalue weighted by atomic mass is 16.5. The molecule has 1 saturated carbocycles. The average molecular weight is 418 g/mol. The molecule has 1 aliphatic carbocycles. The summed E-state index contributed by atoms with van der Waals surface area (Å²) in [4.78, 5) is 15.6. The number of fused-ring (bicyclic) bond motifs is 1. The van der Waals surface area contributed by atoms with Gasteiger partial charge in [-0.15, -0.1) is 0 Å². The number of methoxy groups -OCH3 is 2. The average Bonchev–Trinajstić information content (AvgIpc) is 3.58. The Morgan fingerprint density at radius 3 is 2.45 bits per heavy atom. The lowest BCUT2D eigenvalue weighted by atomic mass is 9.94. The number of benzene rings is 2. The maximum atomic E-state index is 13.6. The Bertz CT molecular complexity index is 1100. The van der Waals surface area contributed by atoms with Gasteiger partial charge in [0.05, 0.1) is 25.3 Å². The van der Waals surface area contributed by atoms with Crippen LogP contribution in [0.4, 0.5) is 0 Å². The Labute approximate surface area is 182 Å². The first-order valence-corrected chi connectivity index (χ1v) is 10.8. The molecule has 3 aromatic rings. The third kappa shape index (κ3) is 3.36. The summed E-state index contributed by atoms with van der Waals surface area (Å²) in [6.07, 6.45) is 3.38. The highest BCUT2D eigenvalue weighted by molar-refractivity contribution is 5.91. The number of carbonyl (C=O) groups excluding carboxylic acids is 1. The molecule has 0 unspecified atom stereocenters. The number of nitrogens with one attached hydrogen (secondary N) is 1. The standard InChI is InChI=1S/C25H27N3O3/c1-30-18-9-7-17(8-10-18)25(13-14-25)24(29)28-15-11-19-21(12-16-28)26-27-23(19)20-5-3-4-6-22(20)31-2/h3-10H,11-16H2,1-2H3,(H,26,27). The van der Waals surface area contributed by atoms with Gasteiger partial charge >= 0.3 is 0 Å². The van der Waals surface area contributed by atoms with Gasteiger partial charge in [-0.2, -0.15) is 5.10 Å². The molecule has 0 saturated heterocycles. The van der Waals surface area contributed by atoms with Gasteiger partial charge in [-0.1, -0.05) is 24.3 Å². The minimum absolute atomic E-state index is 0.245. The van der Waals surface area contributed by atoms with E-state index >= 15 is 0 Å². The van der Waals surface area contributed by atoms with Crippen LogP contribution >= 0.6 is 0 Å². The molecule has 2 aliphatic rings. The van der Waals surface area contributed by atoms with Gasteiger partial charge in [0.1, 0.15) is 11.5 Å². The van der Waals surface area contributed by atoms with E-state index in [2.05, 4.69) is 10.2 Å². The molecule has 0 spiro atoms. The monoisotopic (exact) mass is 417 g/mol. The van der Waals surface area contributed by atoms with Crippen molar-refractivity contribution in [1.29, 1.82) is 0 Å². The van der Waals surface area contributed by atoms with Gasteiger partial charge in [0.15, 0.2) is 0 Å². The van der Waals surface area contributed by atoms with Crippen molar-refractivity contribution >= 4 is 5.91 Å². The van der Waals surface area contributed by atoms with E-state index in [1.807, 2.05) is 53.4 Å². The van der Waals surface area contributed by atoms with Crippen LogP contribution in [0.2, 0.25) is 0 Å². The highest BCUT2D eigenvalue weighted by Gasteiger charge is 2.53. The fourth-order valence-corrected chi connectivity index (χ4v) is 4.71. The number of rotatable bonds is 5. The van der Waals surface area contributed by atoms with Crippen LogP contribution < -0.4 is 9.47 Å². The van der Waals surface area contributed by atoms with E-state index in [4.69, 9.17) is 9.47 Å². The van der Waals surface area contributed by atoms with Crippen LogP contribution in [0.15, 0.2) is 48.5 Å². The van der Waals surface area contributed by atoms with Crippen molar-refractivity contribution in [2.24, 2.45) is 0 Å². The summed E-state index contributed by atoms with van der Waals surface area (Å²) in [5.74, 6) is 1.87. The molecule has 1 N–H and O–H groups in total. The predicted octanol–water partition coefficient (Wildman–Crippen LogP) is 3.75. The summed E-state index contributed by atoms with van der Waals surface area (Å²) in [5, 5.41) is 7.81. The zero-order chi connectivity index (χ0) is 21.4. The van der Waals surface area contributed by atoms with Gasteiger partial charge in [0.25, 0.3) is 0 Å². The Morgan fingerprint density at radius 2 is 1.74 bits per heavy atom. The number of amides is 1. The second-order valence-corrected chi connectivity index (χ2v) is 8.33. The quantitative estimate of drug-likeness (QED) is 0.687. The fourth-order valence-electron chi connectivity index (χ4n) is 4.71. The Hall–Kier alpha value is -3.28. The van der Waals surface area contributed by atoms with Gasteiger partial charge in [-0.3, -0.25) is 9.89 Å². The number of hydrogen-bond acceptors (Lipinski definition) is 4. The molecule has 0 bridgehead atoms. The lowest BCUT2D eigenvalue weighted by Crippen LogP contribution is -2.40. The summed E-state index contributed by atoms with van der Waals surface area (Å²) < 4.78 is 10.8. The summed E-state index contributed by atoms with van der Waals surface area (Å²) in [6, 6.07) is 15.9. The van der Waals surface area contributed by atoms with Crippen LogP contribution in [-0.2, 0) is 23.1 Å². The number of para-hydroxylation sites is 1. The molecule has 2 heterocycles. The van der Waals surface area contributed by atoms with Gasteiger partial charge in [-0.25, -0.2) is 0 Å². The molecule has 0 atom stereocenters. The van der Waals surface area contributed by atoms with Crippen molar-refractivity contribution in [3.05, 3.63) is 65.4 Å². The molecule has 1 aromatic heterocycles. The normalized spacial score (nSPS) is 16.9. The minimum Gasteiger partial charge on any atom is -0.497 e. The molecular weight excluding hydrogens is 390 g/mol. The zero-order valence-electron chi connectivity index (χ0n) is 18.0. The van der Waals surface area contributed by atoms with E-state index in [0.717, 1.165) is 59.7 Å². The van der Waals surface area contributed by atoms with Crippen LogP contribution in [0, 0.1) is 0 Å². The third-order valence-electron chi connectivity index (χ3n) is 6.67. The van der Waals surface area contributed by atoms with E-state index in [0.29, 0.717) is 13.1 Å². The molecular formula is C25H27N3O3. The maximum Gasteiger partial charge on any atom is 0.233 e. The number of ether oxygens (including phenoxy) is 2. The first kappa shape index (κ1) is 19.7. The van der Waals surface area contributed by atoms with E-state index in [1.165, 1.54) is 5.56 Å². The number of carbonyl (C=O) groups is 1. The molecule has 2 aromatic carbocycles. The first-order valence-electron chi connectivity index (χ1n) is 10.8. The molecule has 6 heteroatoms. The predicted molar refractivity (Wildman–Crippen MR) is 118 cm³/mol. The van der Waals surface area contributed by atoms with Gasteiger partial charge in [0, 0.05) is 36.3 Å². The van der Waals surface area contributed by atoms with Crippen molar-refractivity contribution in [2.45, 2.75) is 31.1 Å². The van der Waals surface area contributed by atoms with Gasteiger partial charge < -0.3 is 14.4 Å². The maximum absolute atomic E-state index is 13.6. The zero-order valence-corrected chi connectivity index (χ0v) is 18.0. The number of H-pyrrole nitrogens is 1. The second kappa shape index (κ2) is 7.76. The largest absolute Gasteiger partial charge is 0.497 e. The Balaban J connectivity index is 1.37. The van der Waals surface area contributed by atoms with Crippen molar-refractivity contribution in [2.75, 3.05) is 27.3 Å².